The van der Waals surface area contributed by atoms with Gasteiger partial charge in [0.1, 0.15) is 11.9 Å². The van der Waals surface area contributed by atoms with Gasteiger partial charge < -0.3 is 15.0 Å². The van der Waals surface area contributed by atoms with E-state index in [2.05, 4.69) is 15.0 Å². The molecule has 26 heavy (non-hydrogen) atoms. The van der Waals surface area contributed by atoms with Crippen molar-refractivity contribution in [1.29, 1.82) is 0 Å². The minimum absolute atomic E-state index is 0.0849. The first kappa shape index (κ1) is 17.8. The highest BCUT2D eigenvalue weighted by Gasteiger charge is 2.33. The van der Waals surface area contributed by atoms with Crippen LogP contribution in [-0.2, 0) is 16.0 Å². The standard InChI is InChI=1S/C18H20N4O4/c1-11-13(6-7-15(23)22-9-3-5-14(22)18(25)26)17(24)21-16(20-11)12-4-2-8-19-10-12/h2,4,8,10,14H,3,5-7,9H2,1H3,(H,25,26)(H,20,21,24)/t14-/m1/s1. The van der Waals surface area contributed by atoms with Crippen LogP contribution in [0.25, 0.3) is 11.4 Å². The number of hydrogen-bond acceptors (Lipinski definition) is 5. The van der Waals surface area contributed by atoms with Gasteiger partial charge in [-0.15, -0.1) is 0 Å². The molecule has 1 atom stereocenters. The highest BCUT2D eigenvalue weighted by atomic mass is 16.4. The first-order chi connectivity index (χ1) is 12.5. The van der Waals surface area contributed by atoms with E-state index in [9.17, 15) is 19.5 Å². The molecule has 0 bridgehead atoms. The summed E-state index contributed by atoms with van der Waals surface area (Å²) in [5, 5.41) is 9.18. The molecule has 2 aromatic heterocycles. The SMILES string of the molecule is Cc1nc(-c2cccnc2)[nH]c(=O)c1CCC(=O)N1CCC[C@@H]1C(=O)O. The summed E-state index contributed by atoms with van der Waals surface area (Å²) in [5.74, 6) is -0.793. The number of pyridine rings is 1. The van der Waals surface area contributed by atoms with Crippen LogP contribution in [0.1, 0.15) is 30.5 Å². The minimum atomic E-state index is -0.979. The third-order valence-corrected chi connectivity index (χ3v) is 4.60. The number of carbonyl (C=O) groups is 2. The van der Waals surface area contributed by atoms with Crippen molar-refractivity contribution < 1.29 is 14.7 Å². The second-order valence-electron chi connectivity index (χ2n) is 6.30. The number of aromatic amines is 1. The summed E-state index contributed by atoms with van der Waals surface area (Å²) in [6.45, 7) is 2.17. The minimum Gasteiger partial charge on any atom is -0.480 e. The molecular weight excluding hydrogens is 336 g/mol. The predicted molar refractivity (Wildman–Crippen MR) is 93.5 cm³/mol. The van der Waals surface area contributed by atoms with Crippen LogP contribution in [0.3, 0.4) is 0 Å². The Morgan fingerprint density at radius 1 is 1.42 bits per heavy atom. The van der Waals surface area contributed by atoms with Crippen molar-refractivity contribution in [2.24, 2.45) is 0 Å². The van der Waals surface area contributed by atoms with Crippen LogP contribution >= 0.6 is 0 Å². The van der Waals surface area contributed by atoms with Gasteiger partial charge in [0.2, 0.25) is 5.91 Å². The van der Waals surface area contributed by atoms with Gasteiger partial charge in [-0.3, -0.25) is 14.6 Å². The van der Waals surface area contributed by atoms with Gasteiger partial charge in [0.15, 0.2) is 0 Å². The van der Waals surface area contributed by atoms with Gasteiger partial charge in [0.25, 0.3) is 5.56 Å². The van der Waals surface area contributed by atoms with Gasteiger partial charge in [-0.25, -0.2) is 9.78 Å². The number of likely N-dealkylation sites (tertiary alicyclic amines) is 1. The normalized spacial score (nSPS) is 16.7. The number of H-pyrrole nitrogens is 1. The lowest BCUT2D eigenvalue weighted by Crippen LogP contribution is -2.40. The molecule has 0 aliphatic carbocycles. The first-order valence-corrected chi connectivity index (χ1v) is 8.50. The summed E-state index contributed by atoms with van der Waals surface area (Å²) in [7, 11) is 0. The molecule has 2 aromatic rings. The third kappa shape index (κ3) is 3.63. The average Bonchev–Trinajstić information content (AvgIpc) is 3.11. The second-order valence-corrected chi connectivity index (χ2v) is 6.30. The Bertz CT molecular complexity index is 879. The number of aryl methyl sites for hydroxylation is 1. The van der Waals surface area contributed by atoms with Crippen molar-refractivity contribution >= 4 is 11.9 Å². The van der Waals surface area contributed by atoms with Gasteiger partial charge in [0.05, 0.1) is 0 Å². The van der Waals surface area contributed by atoms with Crippen LogP contribution in [0.2, 0.25) is 0 Å². The number of aromatic nitrogens is 3. The predicted octanol–water partition coefficient (Wildman–Crippen LogP) is 1.15. The van der Waals surface area contributed by atoms with Gasteiger partial charge in [-0.2, -0.15) is 0 Å². The zero-order valence-corrected chi connectivity index (χ0v) is 14.4. The lowest BCUT2D eigenvalue weighted by Gasteiger charge is -2.21. The van der Waals surface area contributed by atoms with Crippen molar-refractivity contribution in [3.05, 3.63) is 46.1 Å². The molecule has 0 unspecified atom stereocenters. The number of carboxylic acids is 1. The summed E-state index contributed by atoms with van der Waals surface area (Å²) >= 11 is 0. The maximum Gasteiger partial charge on any atom is 0.326 e. The molecule has 3 rings (SSSR count). The van der Waals surface area contributed by atoms with Crippen molar-refractivity contribution in [2.45, 2.75) is 38.6 Å². The lowest BCUT2D eigenvalue weighted by atomic mass is 10.1. The van der Waals surface area contributed by atoms with E-state index in [0.717, 1.165) is 0 Å². The number of aliphatic carboxylic acids is 1. The third-order valence-electron chi connectivity index (χ3n) is 4.60. The van der Waals surface area contributed by atoms with E-state index in [1.165, 1.54) is 4.90 Å². The Balaban J connectivity index is 1.73. The Kier molecular flexibility index (Phi) is 5.11. The number of amides is 1. The Hall–Kier alpha value is -3.03. The summed E-state index contributed by atoms with van der Waals surface area (Å²) < 4.78 is 0. The molecule has 136 valence electrons. The number of rotatable bonds is 5. The monoisotopic (exact) mass is 356 g/mol. The Morgan fingerprint density at radius 3 is 2.88 bits per heavy atom. The highest BCUT2D eigenvalue weighted by Crippen LogP contribution is 2.19. The molecule has 0 saturated carbocycles. The van der Waals surface area contributed by atoms with E-state index < -0.39 is 12.0 Å². The Morgan fingerprint density at radius 2 is 2.23 bits per heavy atom. The molecule has 1 aliphatic rings. The zero-order valence-electron chi connectivity index (χ0n) is 14.4. The molecule has 1 aliphatic heterocycles. The fraction of sp³-hybridized carbons (Fsp3) is 0.389. The second kappa shape index (κ2) is 7.47. The molecule has 0 spiro atoms. The van der Waals surface area contributed by atoms with Crippen molar-refractivity contribution in [2.75, 3.05) is 6.54 Å². The van der Waals surface area contributed by atoms with Crippen molar-refractivity contribution in [3.63, 3.8) is 0 Å². The van der Waals surface area contributed by atoms with E-state index in [4.69, 9.17) is 0 Å². The number of nitrogens with zero attached hydrogens (tertiary/aromatic N) is 3. The molecule has 2 N–H and O–H groups in total. The summed E-state index contributed by atoms with van der Waals surface area (Å²) in [6, 6.07) is 2.80. The molecule has 1 amide bonds. The van der Waals surface area contributed by atoms with E-state index in [1.54, 1.807) is 31.5 Å². The average molecular weight is 356 g/mol. The quantitative estimate of drug-likeness (QED) is 0.830. The first-order valence-electron chi connectivity index (χ1n) is 8.50. The van der Waals surface area contributed by atoms with Crippen LogP contribution in [0.4, 0.5) is 0 Å². The molecule has 3 heterocycles. The van der Waals surface area contributed by atoms with Crippen LogP contribution in [0.5, 0.6) is 0 Å². The largest absolute Gasteiger partial charge is 0.480 e. The topological polar surface area (TPSA) is 116 Å². The molecule has 1 fully saturated rings. The van der Waals surface area contributed by atoms with E-state index in [1.807, 2.05) is 0 Å². The maximum absolute atomic E-state index is 12.4. The molecule has 0 radical (unpaired) electrons. The van der Waals surface area contributed by atoms with Crippen LogP contribution in [0, 0.1) is 6.92 Å². The highest BCUT2D eigenvalue weighted by molar-refractivity contribution is 5.84. The van der Waals surface area contributed by atoms with Crippen molar-refractivity contribution in [3.8, 4) is 11.4 Å². The molecular formula is C18H20N4O4. The van der Waals surface area contributed by atoms with Gasteiger partial charge >= 0.3 is 5.97 Å². The molecule has 8 nitrogen and oxygen atoms in total. The van der Waals surface area contributed by atoms with Gasteiger partial charge in [-0.05, 0) is 38.3 Å². The Labute approximate surface area is 149 Å². The maximum atomic E-state index is 12.4. The summed E-state index contributed by atoms with van der Waals surface area (Å²) in [6.07, 6.45) is 4.72. The van der Waals surface area contributed by atoms with Gasteiger partial charge in [0, 0.05) is 42.2 Å². The number of nitrogens with one attached hydrogen (secondary N) is 1. The van der Waals surface area contributed by atoms with E-state index >= 15 is 0 Å². The summed E-state index contributed by atoms with van der Waals surface area (Å²) in [4.78, 5) is 48.5. The number of carboxylic acid groups (broad SMARTS) is 1. The van der Waals surface area contributed by atoms with Crippen LogP contribution in [0.15, 0.2) is 29.3 Å². The van der Waals surface area contributed by atoms with Gasteiger partial charge in [-0.1, -0.05) is 0 Å². The molecule has 8 heteroatoms. The smallest absolute Gasteiger partial charge is 0.326 e. The van der Waals surface area contributed by atoms with E-state index in [0.29, 0.717) is 42.0 Å². The molecule has 0 aromatic carbocycles. The number of hydrogen-bond donors (Lipinski definition) is 2. The molecule has 1 saturated heterocycles. The number of carbonyl (C=O) groups excluding carboxylic acids is 1. The fourth-order valence-electron chi connectivity index (χ4n) is 3.24. The summed E-state index contributed by atoms with van der Waals surface area (Å²) in [5.41, 5.74) is 1.41. The lowest BCUT2D eigenvalue weighted by molar-refractivity contribution is -0.148. The van der Waals surface area contributed by atoms with E-state index in [-0.39, 0.29) is 24.3 Å². The zero-order chi connectivity index (χ0) is 18.7. The van der Waals surface area contributed by atoms with Crippen molar-refractivity contribution in [1.82, 2.24) is 19.9 Å². The van der Waals surface area contributed by atoms with Crippen LogP contribution < -0.4 is 5.56 Å². The van der Waals surface area contributed by atoms with Crippen LogP contribution in [-0.4, -0.2) is 49.4 Å². The fourth-order valence-corrected chi connectivity index (χ4v) is 3.24.